The van der Waals surface area contributed by atoms with Crippen LogP contribution in [-0.2, 0) is 0 Å². The SMILES string of the molecule is Cc1ccc(C(O)c2ccc(O)cc2)nc1. The monoisotopic (exact) mass is 215 g/mol. The minimum atomic E-state index is -0.749. The molecule has 0 aliphatic heterocycles. The predicted octanol–water partition coefficient (Wildman–Crippen LogP) is 2.18. The Morgan fingerprint density at radius 3 is 2.31 bits per heavy atom. The number of hydrogen-bond donors (Lipinski definition) is 2. The third-order valence-corrected chi connectivity index (χ3v) is 2.42. The Bertz CT molecular complexity index is 417. The van der Waals surface area contributed by atoms with Crippen molar-refractivity contribution in [1.29, 1.82) is 0 Å². The van der Waals surface area contributed by atoms with E-state index in [1.165, 1.54) is 0 Å². The molecule has 0 saturated carbocycles. The number of hydrogen-bond acceptors (Lipinski definition) is 3. The first-order chi connectivity index (χ1) is 7.66. The summed E-state index contributed by atoms with van der Waals surface area (Å²) in [5.74, 6) is 0.188. The van der Waals surface area contributed by atoms with Crippen LogP contribution < -0.4 is 0 Å². The van der Waals surface area contributed by atoms with E-state index >= 15 is 0 Å². The maximum Gasteiger partial charge on any atom is 0.121 e. The van der Waals surface area contributed by atoms with E-state index in [2.05, 4.69) is 4.98 Å². The zero-order valence-corrected chi connectivity index (χ0v) is 8.96. The third-order valence-electron chi connectivity index (χ3n) is 2.42. The highest BCUT2D eigenvalue weighted by Gasteiger charge is 2.11. The van der Waals surface area contributed by atoms with Gasteiger partial charge in [-0.25, -0.2) is 0 Å². The summed E-state index contributed by atoms with van der Waals surface area (Å²) in [7, 11) is 0. The number of phenolic OH excluding ortho intramolecular Hbond substituents is 1. The van der Waals surface area contributed by atoms with Crippen LogP contribution in [-0.4, -0.2) is 15.2 Å². The summed E-state index contributed by atoms with van der Waals surface area (Å²) in [5, 5.41) is 19.2. The lowest BCUT2D eigenvalue weighted by molar-refractivity contribution is 0.215. The average Bonchev–Trinajstić information content (AvgIpc) is 2.30. The van der Waals surface area contributed by atoms with E-state index in [9.17, 15) is 5.11 Å². The Balaban J connectivity index is 2.28. The van der Waals surface area contributed by atoms with Gasteiger partial charge in [-0.2, -0.15) is 0 Å². The van der Waals surface area contributed by atoms with E-state index in [0.717, 1.165) is 5.56 Å². The fourth-order valence-electron chi connectivity index (χ4n) is 1.47. The summed E-state index contributed by atoms with van der Waals surface area (Å²) < 4.78 is 0. The first kappa shape index (κ1) is 10.6. The van der Waals surface area contributed by atoms with Gasteiger partial charge in [0.25, 0.3) is 0 Å². The summed E-state index contributed by atoms with van der Waals surface area (Å²) in [6, 6.07) is 10.2. The Hall–Kier alpha value is -1.87. The van der Waals surface area contributed by atoms with Gasteiger partial charge in [-0.3, -0.25) is 4.98 Å². The maximum atomic E-state index is 10.0. The molecule has 0 fully saturated rings. The highest BCUT2D eigenvalue weighted by Crippen LogP contribution is 2.21. The van der Waals surface area contributed by atoms with E-state index in [1.807, 2.05) is 13.0 Å². The fourth-order valence-corrected chi connectivity index (χ4v) is 1.47. The van der Waals surface area contributed by atoms with Crippen molar-refractivity contribution in [2.45, 2.75) is 13.0 Å². The lowest BCUT2D eigenvalue weighted by atomic mass is 10.1. The first-order valence-electron chi connectivity index (χ1n) is 5.06. The molecule has 82 valence electrons. The van der Waals surface area contributed by atoms with Gasteiger partial charge in [0.2, 0.25) is 0 Å². The molecule has 16 heavy (non-hydrogen) atoms. The maximum absolute atomic E-state index is 10.0. The molecule has 2 aromatic rings. The van der Waals surface area contributed by atoms with Crippen LogP contribution in [0.1, 0.15) is 22.9 Å². The first-order valence-corrected chi connectivity index (χ1v) is 5.06. The predicted molar refractivity (Wildman–Crippen MR) is 61.1 cm³/mol. The molecule has 0 saturated heterocycles. The number of benzene rings is 1. The van der Waals surface area contributed by atoms with E-state index in [-0.39, 0.29) is 5.75 Å². The Kier molecular flexibility index (Phi) is 2.88. The summed E-state index contributed by atoms with van der Waals surface area (Å²) in [4.78, 5) is 4.16. The Morgan fingerprint density at radius 1 is 1.06 bits per heavy atom. The highest BCUT2D eigenvalue weighted by molar-refractivity contribution is 5.31. The van der Waals surface area contributed by atoms with Gasteiger partial charge in [-0.1, -0.05) is 18.2 Å². The minimum absolute atomic E-state index is 0.188. The van der Waals surface area contributed by atoms with Crippen molar-refractivity contribution in [3.63, 3.8) is 0 Å². The van der Waals surface area contributed by atoms with Crippen molar-refractivity contribution in [3.8, 4) is 5.75 Å². The molecule has 0 amide bonds. The second-order valence-electron chi connectivity index (χ2n) is 3.75. The summed E-state index contributed by atoms with van der Waals surface area (Å²) in [6.45, 7) is 1.95. The Morgan fingerprint density at radius 2 is 1.75 bits per heavy atom. The molecule has 1 aromatic carbocycles. The van der Waals surface area contributed by atoms with Gasteiger partial charge in [0.1, 0.15) is 11.9 Å². The topological polar surface area (TPSA) is 53.4 Å². The number of aromatic nitrogens is 1. The van der Waals surface area contributed by atoms with Crippen LogP contribution in [0.25, 0.3) is 0 Å². The third kappa shape index (κ3) is 2.20. The number of aryl methyl sites for hydroxylation is 1. The Labute approximate surface area is 94.0 Å². The summed E-state index contributed by atoms with van der Waals surface area (Å²) in [6.07, 6.45) is 0.972. The standard InChI is InChI=1S/C13H13NO2/c1-9-2-7-12(14-8-9)13(16)10-3-5-11(15)6-4-10/h2-8,13,15-16H,1H3. The van der Waals surface area contributed by atoms with Gasteiger partial charge in [0.05, 0.1) is 5.69 Å². The van der Waals surface area contributed by atoms with Crippen LogP contribution in [0, 0.1) is 6.92 Å². The van der Waals surface area contributed by atoms with Crippen molar-refractivity contribution in [2.24, 2.45) is 0 Å². The van der Waals surface area contributed by atoms with Gasteiger partial charge in [-0.15, -0.1) is 0 Å². The number of nitrogens with zero attached hydrogens (tertiary/aromatic N) is 1. The van der Waals surface area contributed by atoms with E-state index in [1.54, 1.807) is 36.5 Å². The van der Waals surface area contributed by atoms with Gasteiger partial charge >= 0.3 is 0 Å². The molecule has 1 unspecified atom stereocenters. The van der Waals surface area contributed by atoms with Crippen molar-refractivity contribution in [2.75, 3.05) is 0 Å². The minimum Gasteiger partial charge on any atom is -0.508 e. The number of pyridine rings is 1. The van der Waals surface area contributed by atoms with Crippen molar-refractivity contribution in [1.82, 2.24) is 4.98 Å². The molecule has 1 aromatic heterocycles. The molecule has 1 heterocycles. The fraction of sp³-hybridized carbons (Fsp3) is 0.154. The van der Waals surface area contributed by atoms with Crippen LogP contribution in [0.15, 0.2) is 42.6 Å². The van der Waals surface area contributed by atoms with Gasteiger partial charge in [0, 0.05) is 6.20 Å². The molecule has 0 radical (unpaired) electrons. The second-order valence-corrected chi connectivity index (χ2v) is 3.75. The van der Waals surface area contributed by atoms with Gasteiger partial charge < -0.3 is 10.2 Å². The van der Waals surface area contributed by atoms with E-state index < -0.39 is 6.10 Å². The number of aliphatic hydroxyl groups excluding tert-OH is 1. The number of rotatable bonds is 2. The normalized spacial score (nSPS) is 12.4. The molecule has 3 nitrogen and oxygen atoms in total. The smallest absolute Gasteiger partial charge is 0.121 e. The van der Waals surface area contributed by atoms with Gasteiger partial charge in [-0.05, 0) is 36.2 Å². The molecule has 1 atom stereocenters. The molecule has 0 bridgehead atoms. The number of aliphatic hydroxyl groups is 1. The van der Waals surface area contributed by atoms with Crippen molar-refractivity contribution in [3.05, 3.63) is 59.4 Å². The second kappa shape index (κ2) is 4.33. The summed E-state index contributed by atoms with van der Waals surface area (Å²) >= 11 is 0. The molecule has 0 spiro atoms. The number of phenols is 1. The zero-order chi connectivity index (χ0) is 11.5. The van der Waals surface area contributed by atoms with Crippen LogP contribution in [0.5, 0.6) is 5.75 Å². The quantitative estimate of drug-likeness (QED) is 0.807. The highest BCUT2D eigenvalue weighted by atomic mass is 16.3. The molecule has 2 N–H and O–H groups in total. The van der Waals surface area contributed by atoms with Crippen LogP contribution in [0.4, 0.5) is 0 Å². The number of aromatic hydroxyl groups is 1. The van der Waals surface area contributed by atoms with Crippen LogP contribution >= 0.6 is 0 Å². The largest absolute Gasteiger partial charge is 0.508 e. The lowest BCUT2D eigenvalue weighted by Gasteiger charge is -2.10. The molecule has 3 heteroatoms. The molecular weight excluding hydrogens is 202 g/mol. The lowest BCUT2D eigenvalue weighted by Crippen LogP contribution is -2.01. The average molecular weight is 215 g/mol. The van der Waals surface area contributed by atoms with Crippen molar-refractivity contribution >= 4 is 0 Å². The summed E-state index contributed by atoms with van der Waals surface area (Å²) in [5.41, 5.74) is 2.38. The molecular formula is C13H13NO2. The van der Waals surface area contributed by atoms with Crippen LogP contribution in [0.2, 0.25) is 0 Å². The zero-order valence-electron chi connectivity index (χ0n) is 8.96. The molecule has 2 rings (SSSR count). The van der Waals surface area contributed by atoms with Crippen molar-refractivity contribution < 1.29 is 10.2 Å². The molecule has 0 aliphatic rings. The van der Waals surface area contributed by atoms with Crippen LogP contribution in [0.3, 0.4) is 0 Å². The molecule has 0 aliphatic carbocycles. The van der Waals surface area contributed by atoms with Gasteiger partial charge in [0.15, 0.2) is 0 Å². The van der Waals surface area contributed by atoms with E-state index in [4.69, 9.17) is 5.11 Å². The van der Waals surface area contributed by atoms with E-state index in [0.29, 0.717) is 11.3 Å².